The van der Waals surface area contributed by atoms with Crippen LogP contribution >= 0.6 is 0 Å². The molecule has 1 aliphatic heterocycles. The number of anilines is 1. The fourth-order valence-corrected chi connectivity index (χ4v) is 3.86. The fraction of sp³-hybridized carbons (Fsp3) is 0.636. The van der Waals surface area contributed by atoms with Crippen molar-refractivity contribution < 1.29 is 19.1 Å². The van der Waals surface area contributed by atoms with Gasteiger partial charge in [-0.25, -0.2) is 4.79 Å². The predicted octanol–water partition coefficient (Wildman–Crippen LogP) is 4.93. The summed E-state index contributed by atoms with van der Waals surface area (Å²) in [5.74, 6) is 0.984. The molecule has 0 unspecified atom stereocenters. The Balaban J connectivity index is 2.19. The summed E-state index contributed by atoms with van der Waals surface area (Å²) in [4.78, 5) is 25.3. The lowest BCUT2D eigenvalue weighted by Crippen LogP contribution is -2.51. The van der Waals surface area contributed by atoms with Gasteiger partial charge in [-0.05, 0) is 84.9 Å². The van der Waals surface area contributed by atoms with Crippen molar-refractivity contribution in [2.45, 2.75) is 91.0 Å². The number of nitrogens with one attached hydrogen (secondary N) is 1. The van der Waals surface area contributed by atoms with E-state index in [9.17, 15) is 9.59 Å². The van der Waals surface area contributed by atoms with Gasteiger partial charge < -0.3 is 19.7 Å². The zero-order valence-corrected chi connectivity index (χ0v) is 18.1. The third-order valence-electron chi connectivity index (χ3n) is 4.86. The first-order chi connectivity index (χ1) is 13.0. The van der Waals surface area contributed by atoms with Crippen molar-refractivity contribution in [2.75, 3.05) is 5.32 Å². The summed E-state index contributed by atoms with van der Waals surface area (Å²) in [6, 6.07) is 6.08. The van der Waals surface area contributed by atoms with E-state index in [1.807, 2.05) is 57.7 Å². The van der Waals surface area contributed by atoms with Crippen LogP contribution in [0.2, 0.25) is 0 Å². The minimum atomic E-state index is -0.502. The minimum Gasteiger partial charge on any atom is -0.489 e. The summed E-state index contributed by atoms with van der Waals surface area (Å²) >= 11 is 0. The highest BCUT2D eigenvalue weighted by Gasteiger charge is 2.37. The molecule has 1 aliphatic rings. The van der Waals surface area contributed by atoms with E-state index in [0.29, 0.717) is 23.8 Å². The van der Waals surface area contributed by atoms with Gasteiger partial charge in [-0.3, -0.25) is 4.79 Å². The molecule has 0 aliphatic carbocycles. The number of rotatable bonds is 5. The van der Waals surface area contributed by atoms with Crippen LogP contribution in [-0.4, -0.2) is 41.2 Å². The third kappa shape index (κ3) is 5.63. The Labute approximate surface area is 168 Å². The number of piperidine rings is 1. The topological polar surface area (TPSA) is 67.9 Å². The zero-order chi connectivity index (χ0) is 21.1. The Kier molecular flexibility index (Phi) is 6.96. The first-order valence-corrected chi connectivity index (χ1v) is 10.0. The molecule has 6 nitrogen and oxygen atoms in total. The highest BCUT2D eigenvalue weighted by Crippen LogP contribution is 2.38. The van der Waals surface area contributed by atoms with Gasteiger partial charge in [-0.2, -0.15) is 0 Å². The van der Waals surface area contributed by atoms with Gasteiger partial charge in [-0.1, -0.05) is 6.07 Å². The van der Waals surface area contributed by atoms with Crippen LogP contribution in [-0.2, 0) is 9.53 Å². The smallest absolute Gasteiger partial charge is 0.410 e. The predicted molar refractivity (Wildman–Crippen MR) is 111 cm³/mol. The number of carbonyl (C=O) groups excluding carboxylic acids is 2. The number of benzene rings is 1. The number of hydrogen-bond acceptors (Lipinski definition) is 4. The number of likely N-dealkylation sites (tertiary alicyclic amines) is 1. The molecule has 1 aromatic rings. The summed E-state index contributed by atoms with van der Waals surface area (Å²) in [5.41, 5.74) is 1.33. The van der Waals surface area contributed by atoms with E-state index < -0.39 is 5.60 Å². The van der Waals surface area contributed by atoms with Crippen LogP contribution in [0.15, 0.2) is 18.2 Å². The second-order valence-corrected chi connectivity index (χ2v) is 8.94. The molecule has 2 rings (SSSR count). The molecule has 1 fully saturated rings. The van der Waals surface area contributed by atoms with Crippen LogP contribution in [0.25, 0.3) is 0 Å². The molecule has 1 heterocycles. The summed E-state index contributed by atoms with van der Waals surface area (Å²) in [5, 5.41) is 2.70. The lowest BCUT2D eigenvalue weighted by Gasteiger charge is -2.43. The number of ether oxygens (including phenoxy) is 2. The average Bonchev–Trinajstić information content (AvgIpc) is 2.53. The van der Waals surface area contributed by atoms with E-state index >= 15 is 0 Å². The van der Waals surface area contributed by atoms with Crippen molar-refractivity contribution in [1.82, 2.24) is 4.90 Å². The summed E-state index contributed by atoms with van der Waals surface area (Å²) in [6.07, 6.45) is 2.12. The Morgan fingerprint density at radius 1 is 1.21 bits per heavy atom. The van der Waals surface area contributed by atoms with E-state index in [1.165, 1.54) is 0 Å². The molecule has 0 spiro atoms. The largest absolute Gasteiger partial charge is 0.489 e. The second-order valence-electron chi connectivity index (χ2n) is 8.94. The quantitative estimate of drug-likeness (QED) is 0.724. The normalized spacial score (nSPS) is 22.7. The monoisotopic (exact) mass is 390 g/mol. The summed E-state index contributed by atoms with van der Waals surface area (Å²) in [6.45, 7) is 13.7. The van der Waals surface area contributed by atoms with Gasteiger partial charge in [-0.15, -0.1) is 0 Å². The van der Waals surface area contributed by atoms with Gasteiger partial charge in [0.05, 0.1) is 11.8 Å². The molecule has 28 heavy (non-hydrogen) atoms. The standard InChI is InChI=1S/C22H34N2O4/c1-14(2)27-20-12-17(8-9-19(20)23-13-25)18-10-15(3)24(16(4)11-18)21(26)28-22(5,6)7/h8-9,12-16,18H,10-11H2,1-7H3,(H,23,25)/t15-,16-/m1/s1. The van der Waals surface area contributed by atoms with Crippen LogP contribution in [0.1, 0.15) is 72.8 Å². The van der Waals surface area contributed by atoms with Crippen molar-refractivity contribution in [3.05, 3.63) is 23.8 Å². The molecule has 1 N–H and O–H groups in total. The average molecular weight is 391 g/mol. The Bertz CT molecular complexity index is 684. The maximum absolute atomic E-state index is 12.6. The van der Waals surface area contributed by atoms with Crippen LogP contribution in [0.5, 0.6) is 5.75 Å². The lowest BCUT2D eigenvalue weighted by atomic mass is 9.82. The Hall–Kier alpha value is -2.24. The van der Waals surface area contributed by atoms with Crippen LogP contribution in [0.3, 0.4) is 0 Å². The molecule has 2 atom stereocenters. The maximum Gasteiger partial charge on any atom is 0.410 e. The lowest BCUT2D eigenvalue weighted by molar-refractivity contribution is -0.105. The molecular weight excluding hydrogens is 356 g/mol. The molecule has 1 aromatic carbocycles. The van der Waals surface area contributed by atoms with E-state index in [1.54, 1.807) is 0 Å². The SMILES string of the molecule is CC(C)Oc1cc(C2C[C@@H](C)N(C(=O)OC(C)(C)C)[C@H](C)C2)ccc1NC=O. The zero-order valence-electron chi connectivity index (χ0n) is 18.1. The van der Waals surface area contributed by atoms with Gasteiger partial charge in [0, 0.05) is 12.1 Å². The van der Waals surface area contributed by atoms with E-state index in [-0.39, 0.29) is 24.3 Å². The number of nitrogens with zero attached hydrogens (tertiary/aromatic N) is 1. The maximum atomic E-state index is 12.6. The molecule has 0 saturated carbocycles. The molecule has 1 saturated heterocycles. The van der Waals surface area contributed by atoms with E-state index in [4.69, 9.17) is 9.47 Å². The number of hydrogen-bond donors (Lipinski definition) is 1. The van der Waals surface area contributed by atoms with Gasteiger partial charge in [0.1, 0.15) is 11.4 Å². The van der Waals surface area contributed by atoms with Crippen molar-refractivity contribution in [3.63, 3.8) is 0 Å². The molecule has 156 valence electrons. The molecule has 6 heteroatoms. The van der Waals surface area contributed by atoms with Gasteiger partial charge in [0.2, 0.25) is 6.41 Å². The van der Waals surface area contributed by atoms with Gasteiger partial charge >= 0.3 is 6.09 Å². The molecule has 0 aromatic heterocycles. The first-order valence-electron chi connectivity index (χ1n) is 10.0. The summed E-state index contributed by atoms with van der Waals surface area (Å²) < 4.78 is 11.5. The highest BCUT2D eigenvalue weighted by molar-refractivity contribution is 5.75. The first kappa shape index (κ1) is 22.1. The molecule has 2 amide bonds. The van der Waals surface area contributed by atoms with Crippen molar-refractivity contribution in [3.8, 4) is 5.75 Å². The highest BCUT2D eigenvalue weighted by atomic mass is 16.6. The Morgan fingerprint density at radius 3 is 2.32 bits per heavy atom. The second kappa shape index (κ2) is 8.84. The van der Waals surface area contributed by atoms with Crippen molar-refractivity contribution in [1.29, 1.82) is 0 Å². The third-order valence-corrected chi connectivity index (χ3v) is 4.86. The van der Waals surface area contributed by atoms with E-state index in [2.05, 4.69) is 19.2 Å². The van der Waals surface area contributed by atoms with E-state index in [0.717, 1.165) is 18.4 Å². The van der Waals surface area contributed by atoms with Gasteiger partial charge in [0.25, 0.3) is 0 Å². The molecular formula is C22H34N2O4. The van der Waals surface area contributed by atoms with Crippen LogP contribution < -0.4 is 10.1 Å². The van der Waals surface area contributed by atoms with Crippen LogP contribution in [0.4, 0.5) is 10.5 Å². The molecule has 0 bridgehead atoms. The summed E-state index contributed by atoms with van der Waals surface area (Å²) in [7, 11) is 0. The van der Waals surface area contributed by atoms with Crippen LogP contribution in [0, 0.1) is 0 Å². The number of carbonyl (C=O) groups is 2. The molecule has 0 radical (unpaired) electrons. The van der Waals surface area contributed by atoms with Crippen molar-refractivity contribution in [2.24, 2.45) is 0 Å². The minimum absolute atomic E-state index is 0.00863. The van der Waals surface area contributed by atoms with Gasteiger partial charge in [0.15, 0.2) is 0 Å². The van der Waals surface area contributed by atoms with Crippen molar-refractivity contribution >= 4 is 18.2 Å². The fourth-order valence-electron chi connectivity index (χ4n) is 3.86. The number of amides is 2. The Morgan fingerprint density at radius 2 is 1.82 bits per heavy atom.